The first-order valence-electron chi connectivity index (χ1n) is 4.77. The summed E-state index contributed by atoms with van der Waals surface area (Å²) < 4.78 is 15.2. The molecule has 1 aromatic carbocycles. The maximum Gasteiger partial charge on any atom is 0.337 e. The summed E-state index contributed by atoms with van der Waals surface area (Å²) >= 11 is 5.81. The summed E-state index contributed by atoms with van der Waals surface area (Å²) in [7, 11) is 1.34. The van der Waals surface area contributed by atoms with Gasteiger partial charge in [0.2, 0.25) is 0 Å². The van der Waals surface area contributed by atoms with E-state index in [4.69, 9.17) is 21.1 Å². The zero-order valence-corrected chi connectivity index (χ0v) is 9.54. The Kier molecular flexibility index (Phi) is 3.31. The van der Waals surface area contributed by atoms with E-state index in [1.165, 1.54) is 7.11 Å². The number of halogens is 1. The van der Waals surface area contributed by atoms with Crippen molar-refractivity contribution < 1.29 is 19.0 Å². The predicted octanol–water partition coefficient (Wildman–Crippen LogP) is 2.08. The van der Waals surface area contributed by atoms with Gasteiger partial charge in [-0.2, -0.15) is 0 Å². The lowest BCUT2D eigenvalue weighted by atomic mass is 10.0. The lowest BCUT2D eigenvalue weighted by Gasteiger charge is -2.20. The van der Waals surface area contributed by atoms with E-state index in [-0.39, 0.29) is 18.6 Å². The molecule has 0 fully saturated rings. The topological polar surface area (TPSA) is 44.8 Å². The average molecular weight is 243 g/mol. The first kappa shape index (κ1) is 11.2. The van der Waals surface area contributed by atoms with Crippen molar-refractivity contribution in [2.45, 2.75) is 12.5 Å². The normalized spacial score (nSPS) is 13.9. The molecule has 0 saturated heterocycles. The van der Waals surface area contributed by atoms with Crippen LogP contribution in [-0.4, -0.2) is 19.9 Å². The standard InChI is InChI=1S/C11H11ClO4/c1-14-11(13)7-2-8(4-12)10-9(3-7)5-15-6-16-10/h2-3H,4-6H2,1H3. The highest BCUT2D eigenvalue weighted by Gasteiger charge is 2.18. The molecule has 5 heteroatoms. The Morgan fingerprint density at radius 2 is 2.38 bits per heavy atom. The number of carbonyl (C=O) groups is 1. The van der Waals surface area contributed by atoms with Crippen LogP contribution in [0.3, 0.4) is 0 Å². The zero-order chi connectivity index (χ0) is 11.5. The Morgan fingerprint density at radius 3 is 3.06 bits per heavy atom. The molecular weight excluding hydrogens is 232 g/mol. The Hall–Kier alpha value is -1.26. The van der Waals surface area contributed by atoms with E-state index < -0.39 is 0 Å². The smallest absolute Gasteiger partial charge is 0.337 e. The maximum atomic E-state index is 11.4. The molecule has 0 N–H and O–H groups in total. The molecule has 0 spiro atoms. The van der Waals surface area contributed by atoms with Gasteiger partial charge in [-0.05, 0) is 12.1 Å². The van der Waals surface area contributed by atoms with Crippen LogP contribution in [0.1, 0.15) is 21.5 Å². The highest BCUT2D eigenvalue weighted by molar-refractivity contribution is 6.17. The van der Waals surface area contributed by atoms with Crippen LogP contribution in [0, 0.1) is 0 Å². The van der Waals surface area contributed by atoms with Gasteiger partial charge < -0.3 is 14.2 Å². The lowest BCUT2D eigenvalue weighted by Crippen LogP contribution is -2.14. The van der Waals surface area contributed by atoms with Gasteiger partial charge >= 0.3 is 5.97 Å². The molecule has 0 bridgehead atoms. The Balaban J connectivity index is 2.47. The zero-order valence-electron chi connectivity index (χ0n) is 8.79. The fourth-order valence-electron chi connectivity index (χ4n) is 1.63. The van der Waals surface area contributed by atoms with E-state index in [1.807, 2.05) is 0 Å². The van der Waals surface area contributed by atoms with Crippen LogP contribution in [0.15, 0.2) is 12.1 Å². The van der Waals surface area contributed by atoms with Crippen molar-refractivity contribution in [3.05, 3.63) is 28.8 Å². The second-order valence-corrected chi connectivity index (χ2v) is 3.63. The third kappa shape index (κ3) is 1.99. The van der Waals surface area contributed by atoms with Crippen LogP contribution in [0.5, 0.6) is 5.75 Å². The number of benzene rings is 1. The minimum absolute atomic E-state index is 0.217. The molecule has 0 aromatic heterocycles. The summed E-state index contributed by atoms with van der Waals surface area (Å²) in [6, 6.07) is 3.39. The van der Waals surface area contributed by atoms with Gasteiger partial charge in [0.15, 0.2) is 6.79 Å². The maximum absolute atomic E-state index is 11.4. The second-order valence-electron chi connectivity index (χ2n) is 3.36. The lowest BCUT2D eigenvalue weighted by molar-refractivity contribution is -0.0169. The van der Waals surface area contributed by atoms with Gasteiger partial charge in [-0.25, -0.2) is 4.79 Å². The molecule has 16 heavy (non-hydrogen) atoms. The minimum Gasteiger partial charge on any atom is -0.467 e. The fraction of sp³-hybridized carbons (Fsp3) is 0.364. The van der Waals surface area contributed by atoms with Gasteiger partial charge in [0.1, 0.15) is 5.75 Å². The number of fused-ring (bicyclic) bond motifs is 1. The number of ether oxygens (including phenoxy) is 3. The minimum atomic E-state index is -0.389. The quantitative estimate of drug-likeness (QED) is 0.588. The van der Waals surface area contributed by atoms with Crippen molar-refractivity contribution in [3.63, 3.8) is 0 Å². The number of alkyl halides is 1. The molecule has 1 heterocycles. The number of rotatable bonds is 2. The highest BCUT2D eigenvalue weighted by atomic mass is 35.5. The third-order valence-electron chi connectivity index (χ3n) is 2.35. The van der Waals surface area contributed by atoms with Crippen LogP contribution in [-0.2, 0) is 22.0 Å². The molecule has 1 aromatic rings. The molecule has 0 unspecified atom stereocenters. The number of hydrogen-bond donors (Lipinski definition) is 0. The van der Waals surface area contributed by atoms with Crippen LogP contribution in [0.25, 0.3) is 0 Å². The number of carbonyl (C=O) groups excluding carboxylic acids is 1. The Bertz CT molecular complexity index is 399. The molecule has 4 nitrogen and oxygen atoms in total. The van der Waals surface area contributed by atoms with Gasteiger partial charge in [0.05, 0.1) is 25.2 Å². The first-order chi connectivity index (χ1) is 7.76. The molecule has 0 atom stereocenters. The van der Waals surface area contributed by atoms with Crippen molar-refractivity contribution in [3.8, 4) is 5.75 Å². The molecule has 0 aliphatic carbocycles. The molecule has 0 amide bonds. The molecular formula is C11H11ClO4. The van der Waals surface area contributed by atoms with Crippen LogP contribution in [0.4, 0.5) is 0 Å². The van der Waals surface area contributed by atoms with Crippen molar-refractivity contribution >= 4 is 17.6 Å². The van der Waals surface area contributed by atoms with Crippen molar-refractivity contribution in [1.29, 1.82) is 0 Å². The Labute approximate surface area is 98.1 Å². The third-order valence-corrected chi connectivity index (χ3v) is 2.64. The molecule has 0 radical (unpaired) electrons. The van der Waals surface area contributed by atoms with Crippen molar-refractivity contribution in [2.24, 2.45) is 0 Å². The molecule has 2 rings (SSSR count). The van der Waals surface area contributed by atoms with E-state index >= 15 is 0 Å². The Morgan fingerprint density at radius 1 is 1.56 bits per heavy atom. The summed E-state index contributed by atoms with van der Waals surface area (Å²) in [5, 5.41) is 0. The predicted molar refractivity (Wildman–Crippen MR) is 57.6 cm³/mol. The van der Waals surface area contributed by atoms with Crippen LogP contribution < -0.4 is 4.74 Å². The van der Waals surface area contributed by atoms with Crippen LogP contribution in [0.2, 0.25) is 0 Å². The van der Waals surface area contributed by atoms with Gasteiger partial charge in [-0.1, -0.05) is 0 Å². The summed E-state index contributed by atoms with van der Waals surface area (Å²) in [5.41, 5.74) is 2.07. The molecule has 86 valence electrons. The second kappa shape index (κ2) is 4.72. The number of hydrogen-bond acceptors (Lipinski definition) is 4. The van der Waals surface area contributed by atoms with Crippen molar-refractivity contribution in [2.75, 3.05) is 13.9 Å². The average Bonchev–Trinajstić information content (AvgIpc) is 2.36. The van der Waals surface area contributed by atoms with Crippen molar-refractivity contribution in [1.82, 2.24) is 0 Å². The van der Waals surface area contributed by atoms with E-state index in [9.17, 15) is 4.79 Å². The van der Waals surface area contributed by atoms with Crippen LogP contribution >= 0.6 is 11.6 Å². The van der Waals surface area contributed by atoms with E-state index in [2.05, 4.69) is 4.74 Å². The SMILES string of the molecule is COC(=O)c1cc(CCl)c2c(c1)COCO2. The first-order valence-corrected chi connectivity index (χ1v) is 5.30. The summed E-state index contributed by atoms with van der Waals surface area (Å²) in [5.74, 6) is 0.612. The molecule has 1 aliphatic rings. The van der Waals surface area contributed by atoms with E-state index in [0.29, 0.717) is 17.9 Å². The number of esters is 1. The monoisotopic (exact) mass is 242 g/mol. The van der Waals surface area contributed by atoms with E-state index in [1.54, 1.807) is 12.1 Å². The fourth-order valence-corrected chi connectivity index (χ4v) is 1.83. The number of methoxy groups -OCH3 is 1. The van der Waals surface area contributed by atoms with Gasteiger partial charge in [0, 0.05) is 11.1 Å². The molecule has 0 saturated carbocycles. The highest BCUT2D eigenvalue weighted by Crippen LogP contribution is 2.31. The molecule has 1 aliphatic heterocycles. The summed E-state index contributed by atoms with van der Waals surface area (Å²) in [6.07, 6.45) is 0. The summed E-state index contributed by atoms with van der Waals surface area (Å²) in [6.45, 7) is 0.637. The van der Waals surface area contributed by atoms with E-state index in [0.717, 1.165) is 11.1 Å². The largest absolute Gasteiger partial charge is 0.467 e. The van der Waals surface area contributed by atoms with Gasteiger partial charge in [-0.15, -0.1) is 11.6 Å². The van der Waals surface area contributed by atoms with Gasteiger partial charge in [-0.3, -0.25) is 0 Å². The van der Waals surface area contributed by atoms with Gasteiger partial charge in [0.25, 0.3) is 0 Å². The summed E-state index contributed by atoms with van der Waals surface area (Å²) in [4.78, 5) is 11.4.